The normalized spacial score (nSPS) is 21.1. The number of likely N-dealkylation sites (tertiary alicyclic amines) is 1. The third kappa shape index (κ3) is 9.32. The van der Waals surface area contributed by atoms with Gasteiger partial charge in [0.05, 0.1) is 0 Å². The lowest BCUT2D eigenvalue weighted by molar-refractivity contribution is -0.174. The molecule has 0 radical (unpaired) electrons. The van der Waals surface area contributed by atoms with Crippen LogP contribution >= 0.6 is 0 Å². The minimum Gasteiger partial charge on any atom is -0.372 e. The number of nitrogens with one attached hydrogen (secondary N) is 1. The highest BCUT2D eigenvalue weighted by atomic mass is 19.4. The molecule has 0 bridgehead atoms. The number of ether oxygens (including phenoxy) is 1. The fourth-order valence-electron chi connectivity index (χ4n) is 2.68. The van der Waals surface area contributed by atoms with Crippen LogP contribution in [0, 0.1) is 5.92 Å². The van der Waals surface area contributed by atoms with Gasteiger partial charge in [0.25, 0.3) is 0 Å². The van der Waals surface area contributed by atoms with Crippen molar-refractivity contribution in [3.63, 3.8) is 0 Å². The maximum Gasteiger partial charge on any atom is 0.411 e. The number of hydrogen-bond donors (Lipinski definition) is 1. The second-order valence-corrected chi connectivity index (χ2v) is 6.26. The van der Waals surface area contributed by atoms with Crippen LogP contribution in [0.25, 0.3) is 0 Å². The summed E-state index contributed by atoms with van der Waals surface area (Å²) in [6.07, 6.45) is 0.0544. The lowest BCUT2D eigenvalue weighted by Gasteiger charge is -2.36. The maximum atomic E-state index is 12.0. The van der Waals surface area contributed by atoms with Crippen molar-refractivity contribution in [3.05, 3.63) is 0 Å². The molecule has 1 atom stereocenters. The molecule has 1 saturated heterocycles. The first-order valence-electron chi connectivity index (χ1n) is 7.98. The van der Waals surface area contributed by atoms with Crippen LogP contribution in [0.3, 0.4) is 0 Å². The minimum atomic E-state index is -4.21. The van der Waals surface area contributed by atoms with E-state index in [1.54, 1.807) is 0 Å². The van der Waals surface area contributed by atoms with Gasteiger partial charge in [-0.1, -0.05) is 20.3 Å². The summed E-state index contributed by atoms with van der Waals surface area (Å²) in [6.45, 7) is 7.28. The summed E-state index contributed by atoms with van der Waals surface area (Å²) in [5.74, 6) is 0.637. The first-order chi connectivity index (χ1) is 9.88. The first-order valence-corrected chi connectivity index (χ1v) is 7.98. The van der Waals surface area contributed by atoms with E-state index >= 15 is 0 Å². The van der Waals surface area contributed by atoms with Crippen LogP contribution in [0.15, 0.2) is 0 Å². The number of halogens is 3. The lowest BCUT2D eigenvalue weighted by atomic mass is 10.0. The number of alkyl halides is 3. The number of hydrogen-bond acceptors (Lipinski definition) is 3. The second kappa shape index (κ2) is 9.64. The van der Waals surface area contributed by atoms with Gasteiger partial charge >= 0.3 is 6.18 Å². The van der Waals surface area contributed by atoms with Gasteiger partial charge < -0.3 is 10.1 Å². The Bertz CT molecular complexity index is 272. The molecule has 0 aromatic heterocycles. The Labute approximate surface area is 126 Å². The van der Waals surface area contributed by atoms with E-state index in [1.807, 2.05) is 0 Å². The van der Waals surface area contributed by atoms with Crippen molar-refractivity contribution < 1.29 is 17.9 Å². The molecule has 1 unspecified atom stereocenters. The Kier molecular flexibility index (Phi) is 8.59. The van der Waals surface area contributed by atoms with Gasteiger partial charge in [-0.3, -0.25) is 4.90 Å². The Morgan fingerprint density at radius 3 is 2.71 bits per heavy atom. The average molecular weight is 310 g/mol. The van der Waals surface area contributed by atoms with E-state index in [0.29, 0.717) is 18.4 Å². The molecule has 0 amide bonds. The van der Waals surface area contributed by atoms with Crippen molar-refractivity contribution in [3.8, 4) is 0 Å². The number of rotatable bonds is 9. The molecule has 0 spiro atoms. The van der Waals surface area contributed by atoms with E-state index in [4.69, 9.17) is 0 Å². The van der Waals surface area contributed by atoms with Gasteiger partial charge in [0.1, 0.15) is 6.61 Å². The molecule has 126 valence electrons. The molecule has 1 rings (SSSR count). The third-order valence-corrected chi connectivity index (χ3v) is 3.68. The van der Waals surface area contributed by atoms with Gasteiger partial charge in [0.15, 0.2) is 0 Å². The van der Waals surface area contributed by atoms with E-state index in [0.717, 1.165) is 26.2 Å². The van der Waals surface area contributed by atoms with Crippen molar-refractivity contribution in [2.45, 2.75) is 51.7 Å². The fraction of sp³-hybridized carbons (Fsp3) is 1.00. The molecule has 1 aliphatic heterocycles. The number of nitrogens with zero attached hydrogens (tertiary/aromatic N) is 1. The molecule has 1 fully saturated rings. The van der Waals surface area contributed by atoms with Crippen LogP contribution in [0.5, 0.6) is 0 Å². The van der Waals surface area contributed by atoms with Gasteiger partial charge in [-0.25, -0.2) is 0 Å². The smallest absolute Gasteiger partial charge is 0.372 e. The molecular weight excluding hydrogens is 281 g/mol. The van der Waals surface area contributed by atoms with Crippen LogP contribution in [0.4, 0.5) is 13.2 Å². The Balaban J connectivity index is 2.17. The Morgan fingerprint density at radius 1 is 1.29 bits per heavy atom. The molecule has 1 aliphatic rings. The van der Waals surface area contributed by atoms with Gasteiger partial charge in [0.2, 0.25) is 0 Å². The molecule has 21 heavy (non-hydrogen) atoms. The van der Waals surface area contributed by atoms with Gasteiger partial charge in [-0.05, 0) is 38.3 Å². The largest absolute Gasteiger partial charge is 0.411 e. The highest BCUT2D eigenvalue weighted by Gasteiger charge is 2.27. The summed E-state index contributed by atoms with van der Waals surface area (Å²) < 4.78 is 40.6. The first kappa shape index (κ1) is 18.7. The third-order valence-electron chi connectivity index (χ3n) is 3.68. The van der Waals surface area contributed by atoms with Crippen LogP contribution in [0.2, 0.25) is 0 Å². The van der Waals surface area contributed by atoms with E-state index in [1.165, 1.54) is 19.3 Å². The standard InChI is InChI=1S/C15H29F3N2O/c1-13(2)10-19-11-14-6-3-4-7-20(14)8-5-9-21-12-15(16,17)18/h13-14,19H,3-12H2,1-2H3. The molecule has 6 heteroatoms. The molecule has 1 heterocycles. The Morgan fingerprint density at radius 2 is 2.05 bits per heavy atom. The summed E-state index contributed by atoms with van der Waals surface area (Å²) >= 11 is 0. The summed E-state index contributed by atoms with van der Waals surface area (Å²) in [4.78, 5) is 2.40. The zero-order chi connectivity index (χ0) is 15.7. The van der Waals surface area contributed by atoms with Crippen molar-refractivity contribution in [2.75, 3.05) is 39.4 Å². The van der Waals surface area contributed by atoms with Crippen molar-refractivity contribution in [2.24, 2.45) is 5.92 Å². The molecule has 0 saturated carbocycles. The summed E-state index contributed by atoms with van der Waals surface area (Å²) in [7, 11) is 0. The maximum absolute atomic E-state index is 12.0. The van der Waals surface area contributed by atoms with Crippen LogP contribution in [0.1, 0.15) is 39.5 Å². The van der Waals surface area contributed by atoms with E-state index in [2.05, 4.69) is 28.8 Å². The monoisotopic (exact) mass is 310 g/mol. The van der Waals surface area contributed by atoms with Crippen LogP contribution in [-0.4, -0.2) is 56.5 Å². The van der Waals surface area contributed by atoms with Crippen LogP contribution in [-0.2, 0) is 4.74 Å². The molecule has 1 N–H and O–H groups in total. The molecule has 3 nitrogen and oxygen atoms in total. The SMILES string of the molecule is CC(C)CNCC1CCCCN1CCCOCC(F)(F)F. The predicted molar refractivity (Wildman–Crippen MR) is 78.4 cm³/mol. The van der Waals surface area contributed by atoms with Gasteiger partial charge in [-0.15, -0.1) is 0 Å². The minimum absolute atomic E-state index is 0.183. The molecular formula is C15H29F3N2O. The highest BCUT2D eigenvalue weighted by Crippen LogP contribution is 2.17. The highest BCUT2D eigenvalue weighted by molar-refractivity contribution is 4.78. The van der Waals surface area contributed by atoms with Crippen molar-refractivity contribution in [1.29, 1.82) is 0 Å². The van der Waals surface area contributed by atoms with Gasteiger partial charge in [0, 0.05) is 25.7 Å². The quantitative estimate of drug-likeness (QED) is 0.663. The van der Waals surface area contributed by atoms with Crippen LogP contribution < -0.4 is 5.32 Å². The summed E-state index contributed by atoms with van der Waals surface area (Å²) in [5.41, 5.74) is 0. The van der Waals surface area contributed by atoms with E-state index in [-0.39, 0.29) is 6.61 Å². The average Bonchev–Trinajstić information content (AvgIpc) is 2.38. The second-order valence-electron chi connectivity index (χ2n) is 6.26. The zero-order valence-corrected chi connectivity index (χ0v) is 13.2. The summed E-state index contributed by atoms with van der Waals surface area (Å²) in [6, 6.07) is 0.514. The fourth-order valence-corrected chi connectivity index (χ4v) is 2.68. The summed E-state index contributed by atoms with van der Waals surface area (Å²) in [5, 5.41) is 3.48. The van der Waals surface area contributed by atoms with Crippen molar-refractivity contribution in [1.82, 2.24) is 10.2 Å². The van der Waals surface area contributed by atoms with Crippen molar-refractivity contribution >= 4 is 0 Å². The zero-order valence-electron chi connectivity index (χ0n) is 13.2. The topological polar surface area (TPSA) is 24.5 Å². The Hall–Kier alpha value is -0.330. The number of piperidine rings is 1. The van der Waals surface area contributed by atoms with E-state index < -0.39 is 12.8 Å². The molecule has 0 aliphatic carbocycles. The van der Waals surface area contributed by atoms with Gasteiger partial charge in [-0.2, -0.15) is 13.2 Å². The molecule has 0 aromatic rings. The van der Waals surface area contributed by atoms with E-state index in [9.17, 15) is 13.2 Å². The lowest BCUT2D eigenvalue weighted by Crippen LogP contribution is -2.46. The molecule has 0 aromatic carbocycles. The predicted octanol–water partition coefficient (Wildman–Crippen LogP) is 3.06.